The van der Waals surface area contributed by atoms with Crippen LogP contribution < -0.4 is 5.32 Å². The maximum Gasteiger partial charge on any atom is 0.229 e. The van der Waals surface area contributed by atoms with Crippen molar-refractivity contribution in [2.75, 3.05) is 5.32 Å². The molecule has 0 saturated heterocycles. The van der Waals surface area contributed by atoms with Crippen LogP contribution in [0.5, 0.6) is 0 Å². The molecule has 3 rings (SSSR count). The third-order valence-corrected chi connectivity index (χ3v) is 4.16. The number of carbonyl (C=O) groups is 1. The van der Waals surface area contributed by atoms with Crippen LogP contribution in [0.2, 0.25) is 10.0 Å². The first-order chi connectivity index (χ1) is 11.6. The lowest BCUT2D eigenvalue weighted by Gasteiger charge is -2.10. The number of hydrogen-bond donors (Lipinski definition) is 1. The molecule has 0 saturated carbocycles. The molecule has 0 aliphatic heterocycles. The maximum absolute atomic E-state index is 12.3. The Balaban J connectivity index is 1.68. The molecule has 2 aromatic carbocycles. The molecule has 3 aromatic rings. The van der Waals surface area contributed by atoms with E-state index in [1.807, 2.05) is 42.5 Å². The van der Waals surface area contributed by atoms with Gasteiger partial charge in [0.15, 0.2) is 0 Å². The number of benzene rings is 2. The third-order valence-electron chi connectivity index (χ3n) is 3.54. The molecule has 4 nitrogen and oxygen atoms in total. The quantitative estimate of drug-likeness (QED) is 0.732. The molecule has 0 aliphatic carbocycles. The van der Waals surface area contributed by atoms with Crippen LogP contribution in [0.3, 0.4) is 0 Å². The maximum atomic E-state index is 12.3. The Hall–Kier alpha value is -2.30. The molecule has 0 atom stereocenters. The fraction of sp³-hybridized carbons (Fsp3) is 0.111. The van der Waals surface area contributed by atoms with Gasteiger partial charge in [0.05, 0.1) is 19.2 Å². The smallest absolute Gasteiger partial charge is 0.229 e. The van der Waals surface area contributed by atoms with Gasteiger partial charge < -0.3 is 5.32 Å². The first kappa shape index (κ1) is 16.6. The summed E-state index contributed by atoms with van der Waals surface area (Å²) >= 11 is 12.0. The fourth-order valence-corrected chi connectivity index (χ4v) is 2.66. The van der Waals surface area contributed by atoms with Crippen LogP contribution in [0.1, 0.15) is 11.1 Å². The van der Waals surface area contributed by atoms with Gasteiger partial charge in [-0.1, -0.05) is 53.5 Å². The van der Waals surface area contributed by atoms with Gasteiger partial charge in [-0.2, -0.15) is 5.10 Å². The van der Waals surface area contributed by atoms with E-state index in [9.17, 15) is 4.79 Å². The lowest BCUT2D eigenvalue weighted by atomic mass is 10.1. The zero-order chi connectivity index (χ0) is 16.9. The molecule has 6 heteroatoms. The summed E-state index contributed by atoms with van der Waals surface area (Å²) in [5, 5.41) is 8.40. The summed E-state index contributed by atoms with van der Waals surface area (Å²) in [6.07, 6.45) is 1.87. The largest absolute Gasteiger partial charge is 0.311 e. The van der Waals surface area contributed by atoms with E-state index < -0.39 is 0 Å². The highest BCUT2D eigenvalue weighted by Gasteiger charge is 2.10. The lowest BCUT2D eigenvalue weighted by Crippen LogP contribution is -2.18. The molecule has 1 N–H and O–H groups in total. The Morgan fingerprint density at radius 1 is 1.04 bits per heavy atom. The number of nitrogens with zero attached hydrogens (tertiary/aromatic N) is 2. The van der Waals surface area contributed by atoms with Gasteiger partial charge in [-0.15, -0.1) is 0 Å². The number of aromatic nitrogens is 2. The Bertz CT molecular complexity index is 843. The molecule has 122 valence electrons. The molecule has 0 unspecified atom stereocenters. The van der Waals surface area contributed by atoms with Gasteiger partial charge in [-0.3, -0.25) is 4.79 Å². The summed E-state index contributed by atoms with van der Waals surface area (Å²) < 4.78 is 1.73. The Morgan fingerprint density at radius 2 is 1.79 bits per heavy atom. The van der Waals surface area contributed by atoms with E-state index in [0.29, 0.717) is 22.4 Å². The highest BCUT2D eigenvalue weighted by Crippen LogP contribution is 2.17. The van der Waals surface area contributed by atoms with Crippen molar-refractivity contribution in [3.63, 3.8) is 0 Å². The Kier molecular flexibility index (Phi) is 5.18. The van der Waals surface area contributed by atoms with Crippen molar-refractivity contribution >= 4 is 34.9 Å². The molecule has 1 heterocycles. The molecule has 1 aromatic heterocycles. The molecular formula is C18H15Cl2N3O. The van der Waals surface area contributed by atoms with Gasteiger partial charge in [0.2, 0.25) is 5.91 Å². The molecular weight excluding hydrogens is 345 g/mol. The normalized spacial score (nSPS) is 10.6. The monoisotopic (exact) mass is 359 g/mol. The number of rotatable bonds is 5. The number of hydrogen-bond acceptors (Lipinski definition) is 2. The minimum absolute atomic E-state index is 0.138. The molecule has 0 bridgehead atoms. The Morgan fingerprint density at radius 3 is 2.54 bits per heavy atom. The standard InChI is InChI=1S/C18H15Cl2N3O/c19-15-7-5-13(6-8-15)12-23-17(9-10-21-23)22-18(24)11-14-3-1-2-4-16(14)20/h1-10H,11-12H2,(H,22,24). The van der Waals surface area contributed by atoms with Gasteiger partial charge in [-0.05, 0) is 29.3 Å². The second kappa shape index (κ2) is 7.51. The van der Waals surface area contributed by atoms with E-state index in [1.165, 1.54) is 0 Å². The van der Waals surface area contributed by atoms with Crippen molar-refractivity contribution in [1.29, 1.82) is 0 Å². The predicted molar refractivity (Wildman–Crippen MR) is 96.6 cm³/mol. The van der Waals surface area contributed by atoms with Crippen molar-refractivity contribution in [2.45, 2.75) is 13.0 Å². The molecule has 0 spiro atoms. The van der Waals surface area contributed by atoms with Crippen LogP contribution in [0, 0.1) is 0 Å². The van der Waals surface area contributed by atoms with Crippen molar-refractivity contribution in [1.82, 2.24) is 9.78 Å². The number of anilines is 1. The average molecular weight is 360 g/mol. The molecule has 0 aliphatic rings. The predicted octanol–water partition coefficient (Wildman–Crippen LogP) is 4.42. The van der Waals surface area contributed by atoms with E-state index in [0.717, 1.165) is 11.1 Å². The first-order valence-electron chi connectivity index (χ1n) is 7.41. The van der Waals surface area contributed by atoms with Crippen molar-refractivity contribution in [3.8, 4) is 0 Å². The van der Waals surface area contributed by atoms with E-state index in [2.05, 4.69) is 10.4 Å². The van der Waals surface area contributed by atoms with E-state index in [-0.39, 0.29) is 12.3 Å². The summed E-state index contributed by atoms with van der Waals surface area (Å²) in [4.78, 5) is 12.3. The summed E-state index contributed by atoms with van der Waals surface area (Å²) in [5.41, 5.74) is 1.84. The second-order valence-corrected chi connectivity index (χ2v) is 6.16. The zero-order valence-electron chi connectivity index (χ0n) is 12.7. The first-order valence-corrected chi connectivity index (χ1v) is 8.17. The van der Waals surface area contributed by atoms with Crippen LogP contribution in [0.4, 0.5) is 5.82 Å². The van der Waals surface area contributed by atoms with Gasteiger partial charge in [0, 0.05) is 16.1 Å². The molecule has 0 fully saturated rings. The summed E-state index contributed by atoms with van der Waals surface area (Å²) in [5.74, 6) is 0.503. The fourth-order valence-electron chi connectivity index (χ4n) is 2.33. The van der Waals surface area contributed by atoms with E-state index in [4.69, 9.17) is 23.2 Å². The summed E-state index contributed by atoms with van der Waals surface area (Å²) in [6, 6.07) is 16.6. The minimum Gasteiger partial charge on any atom is -0.311 e. The highest BCUT2D eigenvalue weighted by atomic mass is 35.5. The van der Waals surface area contributed by atoms with Crippen LogP contribution in [0.15, 0.2) is 60.8 Å². The summed E-state index contributed by atoms with van der Waals surface area (Å²) in [6.45, 7) is 0.547. The Labute approximate surface area is 150 Å². The van der Waals surface area contributed by atoms with Crippen molar-refractivity contribution < 1.29 is 4.79 Å². The van der Waals surface area contributed by atoms with Crippen LogP contribution in [0.25, 0.3) is 0 Å². The minimum atomic E-state index is -0.138. The topological polar surface area (TPSA) is 46.9 Å². The van der Waals surface area contributed by atoms with E-state index >= 15 is 0 Å². The SMILES string of the molecule is O=C(Cc1ccccc1Cl)Nc1ccnn1Cc1ccc(Cl)cc1. The summed E-state index contributed by atoms with van der Waals surface area (Å²) in [7, 11) is 0. The van der Waals surface area contributed by atoms with Crippen LogP contribution in [-0.4, -0.2) is 15.7 Å². The highest BCUT2D eigenvalue weighted by molar-refractivity contribution is 6.31. The van der Waals surface area contributed by atoms with Gasteiger partial charge in [0.1, 0.15) is 5.82 Å². The molecule has 0 radical (unpaired) electrons. The molecule has 24 heavy (non-hydrogen) atoms. The third kappa shape index (κ3) is 4.16. The van der Waals surface area contributed by atoms with Crippen molar-refractivity contribution in [3.05, 3.63) is 82.0 Å². The lowest BCUT2D eigenvalue weighted by molar-refractivity contribution is -0.115. The van der Waals surface area contributed by atoms with Gasteiger partial charge in [-0.25, -0.2) is 4.68 Å². The van der Waals surface area contributed by atoms with Gasteiger partial charge >= 0.3 is 0 Å². The number of nitrogens with one attached hydrogen (secondary N) is 1. The van der Waals surface area contributed by atoms with E-state index in [1.54, 1.807) is 23.0 Å². The average Bonchev–Trinajstić information content (AvgIpc) is 2.98. The second-order valence-electron chi connectivity index (χ2n) is 5.32. The number of amides is 1. The molecule has 1 amide bonds. The zero-order valence-corrected chi connectivity index (χ0v) is 14.3. The van der Waals surface area contributed by atoms with Crippen LogP contribution in [-0.2, 0) is 17.8 Å². The number of halogens is 2. The van der Waals surface area contributed by atoms with Gasteiger partial charge in [0.25, 0.3) is 0 Å². The number of carbonyl (C=O) groups excluding carboxylic acids is 1. The van der Waals surface area contributed by atoms with Crippen LogP contribution >= 0.6 is 23.2 Å². The van der Waals surface area contributed by atoms with Crippen molar-refractivity contribution in [2.24, 2.45) is 0 Å².